The predicted octanol–water partition coefficient (Wildman–Crippen LogP) is 3.16. The lowest BCUT2D eigenvalue weighted by Gasteiger charge is -2.19. The van der Waals surface area contributed by atoms with Crippen molar-refractivity contribution in [1.29, 1.82) is 0 Å². The molecule has 0 N–H and O–H groups in total. The SMILES string of the molecule is CCn1c(CN(C)C(=O)c2ccc(Cl)c(S(=O)(=O)N(C)OC)c2)nc2ccccc21. The van der Waals surface area contributed by atoms with Crippen molar-refractivity contribution in [3.63, 3.8) is 0 Å². The second-order valence-corrected chi connectivity index (χ2v) is 8.98. The zero-order valence-corrected chi connectivity index (χ0v) is 18.7. The second-order valence-electron chi connectivity index (χ2n) is 6.66. The van der Waals surface area contributed by atoms with Gasteiger partial charge < -0.3 is 9.47 Å². The summed E-state index contributed by atoms with van der Waals surface area (Å²) in [5.41, 5.74) is 2.06. The molecule has 30 heavy (non-hydrogen) atoms. The minimum atomic E-state index is -4.00. The molecule has 160 valence electrons. The number of imidazole rings is 1. The summed E-state index contributed by atoms with van der Waals surface area (Å²) in [4.78, 5) is 23.7. The van der Waals surface area contributed by atoms with E-state index < -0.39 is 10.0 Å². The lowest BCUT2D eigenvalue weighted by molar-refractivity contribution is -0.0258. The number of aryl methyl sites for hydroxylation is 1. The maximum absolute atomic E-state index is 13.0. The van der Waals surface area contributed by atoms with Crippen LogP contribution in [0.3, 0.4) is 0 Å². The highest BCUT2D eigenvalue weighted by atomic mass is 35.5. The number of fused-ring (bicyclic) bond motifs is 1. The van der Waals surface area contributed by atoms with Crippen molar-refractivity contribution in [3.05, 3.63) is 58.9 Å². The molecule has 2 aromatic carbocycles. The largest absolute Gasteiger partial charge is 0.334 e. The summed E-state index contributed by atoms with van der Waals surface area (Å²) in [5, 5.41) is 0.00544. The maximum atomic E-state index is 13.0. The van der Waals surface area contributed by atoms with E-state index in [1.165, 1.54) is 37.3 Å². The fourth-order valence-corrected chi connectivity index (χ4v) is 4.65. The molecule has 0 aliphatic heterocycles. The van der Waals surface area contributed by atoms with Crippen molar-refractivity contribution in [2.75, 3.05) is 21.2 Å². The van der Waals surface area contributed by atoms with Crippen LogP contribution in [0.25, 0.3) is 11.0 Å². The molecule has 1 aromatic heterocycles. The third-order valence-corrected chi connectivity index (χ3v) is 6.99. The highest BCUT2D eigenvalue weighted by Gasteiger charge is 2.26. The van der Waals surface area contributed by atoms with Crippen LogP contribution < -0.4 is 0 Å². The molecule has 0 saturated heterocycles. The average molecular weight is 451 g/mol. The first kappa shape index (κ1) is 22.2. The van der Waals surface area contributed by atoms with Gasteiger partial charge in [0.25, 0.3) is 15.9 Å². The molecular weight excluding hydrogens is 428 g/mol. The monoisotopic (exact) mass is 450 g/mol. The van der Waals surface area contributed by atoms with Gasteiger partial charge >= 0.3 is 0 Å². The summed E-state index contributed by atoms with van der Waals surface area (Å²) < 4.78 is 27.9. The number of carbonyl (C=O) groups is 1. The summed E-state index contributed by atoms with van der Waals surface area (Å²) in [5.74, 6) is 0.397. The van der Waals surface area contributed by atoms with E-state index in [9.17, 15) is 13.2 Å². The number of hydrogen-bond donors (Lipinski definition) is 0. The Morgan fingerprint density at radius 3 is 2.57 bits per heavy atom. The van der Waals surface area contributed by atoms with Crippen molar-refractivity contribution in [3.8, 4) is 0 Å². The van der Waals surface area contributed by atoms with Crippen LogP contribution >= 0.6 is 11.6 Å². The van der Waals surface area contributed by atoms with Crippen molar-refractivity contribution in [2.24, 2.45) is 0 Å². The summed E-state index contributed by atoms with van der Waals surface area (Å²) in [6.45, 7) is 3.00. The predicted molar refractivity (Wildman–Crippen MR) is 115 cm³/mol. The van der Waals surface area contributed by atoms with Crippen molar-refractivity contribution < 1.29 is 18.0 Å². The minimum absolute atomic E-state index is 0.00544. The maximum Gasteiger partial charge on any atom is 0.266 e. The minimum Gasteiger partial charge on any atom is -0.334 e. The number of para-hydroxylation sites is 2. The standard InChI is InChI=1S/C20H23ClN4O4S/c1-5-25-17-9-7-6-8-16(17)22-19(25)13-23(2)20(26)14-10-11-15(21)18(12-14)30(27,28)24(3)29-4/h6-12H,5,13H2,1-4H3. The Morgan fingerprint density at radius 1 is 1.20 bits per heavy atom. The van der Waals surface area contributed by atoms with Gasteiger partial charge in [0, 0.05) is 26.2 Å². The van der Waals surface area contributed by atoms with Crippen LogP contribution in [0.5, 0.6) is 0 Å². The molecule has 0 aliphatic rings. The Balaban J connectivity index is 1.91. The van der Waals surface area contributed by atoms with E-state index in [-0.39, 0.29) is 27.9 Å². The number of hydroxylamine groups is 1. The number of rotatable bonds is 7. The van der Waals surface area contributed by atoms with Gasteiger partial charge in [-0.3, -0.25) is 9.63 Å². The molecule has 3 aromatic rings. The second kappa shape index (κ2) is 8.73. The van der Waals surface area contributed by atoms with E-state index in [1.54, 1.807) is 7.05 Å². The molecule has 0 bridgehead atoms. The lowest BCUT2D eigenvalue weighted by atomic mass is 10.2. The van der Waals surface area contributed by atoms with E-state index in [1.807, 2.05) is 35.8 Å². The fraction of sp³-hybridized carbons (Fsp3) is 0.300. The molecule has 3 rings (SSSR count). The number of aromatic nitrogens is 2. The fourth-order valence-electron chi connectivity index (χ4n) is 3.17. The number of halogens is 1. The van der Waals surface area contributed by atoms with E-state index in [4.69, 9.17) is 16.4 Å². The number of carbonyl (C=O) groups excluding carboxylic acids is 1. The zero-order chi connectivity index (χ0) is 22.1. The molecular formula is C20H23ClN4O4S. The molecule has 1 amide bonds. The van der Waals surface area contributed by atoms with Gasteiger partial charge in [0.05, 0.1) is 29.7 Å². The van der Waals surface area contributed by atoms with E-state index in [0.717, 1.165) is 16.9 Å². The smallest absolute Gasteiger partial charge is 0.266 e. The topological polar surface area (TPSA) is 84.7 Å². The van der Waals surface area contributed by atoms with Gasteiger partial charge in [-0.2, -0.15) is 0 Å². The Labute approximate surface area is 180 Å². The van der Waals surface area contributed by atoms with Gasteiger partial charge in [0.1, 0.15) is 10.7 Å². The molecule has 0 spiro atoms. The van der Waals surface area contributed by atoms with Crippen LogP contribution in [0.1, 0.15) is 23.1 Å². The Kier molecular flexibility index (Phi) is 6.47. The quantitative estimate of drug-likeness (QED) is 0.516. The normalized spacial score (nSPS) is 11.9. The van der Waals surface area contributed by atoms with Gasteiger partial charge in [0.15, 0.2) is 0 Å². The summed E-state index contributed by atoms with van der Waals surface area (Å²) in [6.07, 6.45) is 0. The van der Waals surface area contributed by atoms with Gasteiger partial charge in [-0.1, -0.05) is 28.2 Å². The molecule has 8 nitrogen and oxygen atoms in total. The summed E-state index contributed by atoms with van der Waals surface area (Å²) in [7, 11) is 0.130. The first-order valence-corrected chi connectivity index (χ1v) is 11.0. The first-order valence-electron chi connectivity index (χ1n) is 9.22. The third-order valence-electron chi connectivity index (χ3n) is 4.83. The molecule has 0 radical (unpaired) electrons. The summed E-state index contributed by atoms with van der Waals surface area (Å²) >= 11 is 6.08. The molecule has 1 heterocycles. The van der Waals surface area contributed by atoms with Crippen molar-refractivity contribution >= 4 is 38.6 Å². The molecule has 0 saturated carbocycles. The molecule has 0 fully saturated rings. The molecule has 0 atom stereocenters. The van der Waals surface area contributed by atoms with Crippen LogP contribution in [-0.4, -0.2) is 54.4 Å². The van der Waals surface area contributed by atoms with Crippen molar-refractivity contribution in [2.45, 2.75) is 24.9 Å². The number of benzene rings is 2. The average Bonchev–Trinajstić information content (AvgIpc) is 3.09. The Morgan fingerprint density at radius 2 is 1.90 bits per heavy atom. The molecule has 0 unspecified atom stereocenters. The zero-order valence-electron chi connectivity index (χ0n) is 17.2. The number of hydrogen-bond acceptors (Lipinski definition) is 5. The van der Waals surface area contributed by atoms with Crippen LogP contribution in [0.4, 0.5) is 0 Å². The third kappa shape index (κ3) is 4.06. The van der Waals surface area contributed by atoms with Crippen LogP contribution in [-0.2, 0) is 28.0 Å². The van der Waals surface area contributed by atoms with Gasteiger partial charge in [-0.25, -0.2) is 13.4 Å². The lowest BCUT2D eigenvalue weighted by Crippen LogP contribution is -2.29. The van der Waals surface area contributed by atoms with E-state index >= 15 is 0 Å². The van der Waals surface area contributed by atoms with E-state index in [2.05, 4.69) is 4.98 Å². The number of sulfonamides is 1. The summed E-state index contributed by atoms with van der Waals surface area (Å²) in [6, 6.07) is 11.9. The highest BCUT2D eigenvalue weighted by molar-refractivity contribution is 7.89. The van der Waals surface area contributed by atoms with Crippen LogP contribution in [0.15, 0.2) is 47.4 Å². The number of nitrogens with zero attached hydrogens (tertiary/aromatic N) is 4. The van der Waals surface area contributed by atoms with Gasteiger partial charge in [0.2, 0.25) is 0 Å². The van der Waals surface area contributed by atoms with Gasteiger partial charge in [-0.15, -0.1) is 0 Å². The van der Waals surface area contributed by atoms with E-state index in [0.29, 0.717) is 11.0 Å². The van der Waals surface area contributed by atoms with Crippen LogP contribution in [0, 0.1) is 0 Å². The Hall–Kier alpha value is -2.46. The van der Waals surface area contributed by atoms with Gasteiger partial charge in [-0.05, 0) is 37.3 Å². The first-order chi connectivity index (χ1) is 14.2. The number of amides is 1. The molecule has 10 heteroatoms. The molecule has 0 aliphatic carbocycles. The van der Waals surface area contributed by atoms with Crippen molar-refractivity contribution in [1.82, 2.24) is 18.9 Å². The highest BCUT2D eigenvalue weighted by Crippen LogP contribution is 2.26. The van der Waals surface area contributed by atoms with Crippen LogP contribution in [0.2, 0.25) is 5.02 Å². The Bertz CT molecular complexity index is 1190.